The van der Waals surface area contributed by atoms with E-state index >= 15 is 0 Å². The first-order chi connectivity index (χ1) is 6.63. The summed E-state index contributed by atoms with van der Waals surface area (Å²) >= 11 is 3.29. The van der Waals surface area contributed by atoms with Crippen molar-refractivity contribution >= 4 is 15.9 Å². The van der Waals surface area contributed by atoms with Gasteiger partial charge in [-0.25, -0.2) is 8.78 Å². The minimum Gasteiger partial charge on any atom is -0.296 e. The lowest BCUT2D eigenvalue weighted by Crippen LogP contribution is -2.19. The summed E-state index contributed by atoms with van der Waals surface area (Å²) < 4.78 is 25.7. The van der Waals surface area contributed by atoms with Crippen LogP contribution in [0.2, 0.25) is 0 Å². The molecule has 0 N–H and O–H groups in total. The number of rotatable bonds is 4. The maximum absolute atomic E-state index is 13.1. The van der Waals surface area contributed by atoms with Gasteiger partial charge in [0.15, 0.2) is 0 Å². The zero-order valence-electron chi connectivity index (χ0n) is 7.93. The largest absolute Gasteiger partial charge is 0.296 e. The number of nitrogens with zero attached hydrogens (tertiary/aromatic N) is 1. The van der Waals surface area contributed by atoms with Crippen molar-refractivity contribution in [3.63, 3.8) is 0 Å². The molecular formula is C10H12BrF2N. The lowest BCUT2D eigenvalue weighted by atomic mass is 10.1. The summed E-state index contributed by atoms with van der Waals surface area (Å²) in [6.45, 7) is 0.744. The van der Waals surface area contributed by atoms with Gasteiger partial charge in [0.2, 0.25) is 0 Å². The first-order valence-corrected chi connectivity index (χ1v) is 5.44. The maximum Gasteiger partial charge on any atom is 0.129 e. The van der Waals surface area contributed by atoms with Crippen molar-refractivity contribution in [2.24, 2.45) is 0 Å². The number of halogens is 3. The van der Waals surface area contributed by atoms with E-state index in [-0.39, 0.29) is 0 Å². The third-order valence-electron chi connectivity index (χ3n) is 1.98. The van der Waals surface area contributed by atoms with Crippen LogP contribution in [0.15, 0.2) is 18.2 Å². The molecule has 1 rings (SSSR count). The first kappa shape index (κ1) is 11.6. The number of alkyl halides is 1. The summed E-state index contributed by atoms with van der Waals surface area (Å²) in [6.07, 6.45) is 0.591. The second-order valence-corrected chi connectivity index (χ2v) is 3.69. The van der Waals surface area contributed by atoms with E-state index < -0.39 is 11.6 Å². The van der Waals surface area contributed by atoms with Gasteiger partial charge in [-0.3, -0.25) is 4.90 Å². The van der Waals surface area contributed by atoms with Crippen LogP contribution in [-0.2, 0) is 6.42 Å². The molecular weight excluding hydrogens is 252 g/mol. The van der Waals surface area contributed by atoms with E-state index in [0.717, 1.165) is 18.1 Å². The summed E-state index contributed by atoms with van der Waals surface area (Å²) in [5, 5.41) is 0. The Kier molecular flexibility index (Phi) is 4.48. The molecule has 0 radical (unpaired) electrons. The Morgan fingerprint density at radius 2 is 2.07 bits per heavy atom. The fourth-order valence-corrected chi connectivity index (χ4v) is 1.35. The highest BCUT2D eigenvalue weighted by Crippen LogP contribution is 2.10. The quantitative estimate of drug-likeness (QED) is 0.597. The van der Waals surface area contributed by atoms with Gasteiger partial charge < -0.3 is 0 Å². The van der Waals surface area contributed by atoms with E-state index in [1.807, 2.05) is 11.9 Å². The molecule has 0 aliphatic carbocycles. The molecule has 0 spiro atoms. The Morgan fingerprint density at radius 3 is 2.64 bits per heavy atom. The van der Waals surface area contributed by atoms with E-state index in [2.05, 4.69) is 15.9 Å². The molecule has 78 valence electrons. The Bertz CT molecular complexity index is 304. The Labute approximate surface area is 90.8 Å². The topological polar surface area (TPSA) is 3.24 Å². The zero-order valence-corrected chi connectivity index (χ0v) is 9.52. The Hall–Kier alpha value is -0.480. The summed E-state index contributed by atoms with van der Waals surface area (Å²) in [6, 6.07) is 3.70. The molecule has 0 aliphatic heterocycles. The molecule has 0 saturated heterocycles. The van der Waals surface area contributed by atoms with Crippen LogP contribution >= 0.6 is 15.9 Å². The predicted molar refractivity (Wildman–Crippen MR) is 56.5 cm³/mol. The maximum atomic E-state index is 13.1. The fourth-order valence-electron chi connectivity index (χ4n) is 1.10. The van der Waals surface area contributed by atoms with E-state index in [9.17, 15) is 8.78 Å². The van der Waals surface area contributed by atoms with Gasteiger partial charge in [0, 0.05) is 12.6 Å². The van der Waals surface area contributed by atoms with Crippen molar-refractivity contribution in [1.82, 2.24) is 4.90 Å². The van der Waals surface area contributed by atoms with Crippen molar-refractivity contribution < 1.29 is 8.78 Å². The summed E-state index contributed by atoms with van der Waals surface area (Å²) in [5.74, 6) is -0.993. The highest BCUT2D eigenvalue weighted by molar-refractivity contribution is 9.09. The molecule has 0 amide bonds. The van der Waals surface area contributed by atoms with Crippen molar-refractivity contribution in [2.75, 3.05) is 19.0 Å². The van der Waals surface area contributed by atoms with Crippen molar-refractivity contribution in [3.8, 4) is 0 Å². The van der Waals surface area contributed by atoms with E-state index in [1.165, 1.54) is 12.1 Å². The first-order valence-electron chi connectivity index (χ1n) is 4.32. The average Bonchev–Trinajstić information content (AvgIpc) is 2.16. The molecule has 1 aromatic carbocycles. The number of hydrogen-bond acceptors (Lipinski definition) is 1. The van der Waals surface area contributed by atoms with Gasteiger partial charge in [0.05, 0.1) is 5.45 Å². The van der Waals surface area contributed by atoms with Crippen molar-refractivity contribution in [3.05, 3.63) is 35.4 Å². The van der Waals surface area contributed by atoms with Gasteiger partial charge in [0.1, 0.15) is 11.6 Å². The molecule has 4 heteroatoms. The monoisotopic (exact) mass is 263 g/mol. The molecule has 0 unspecified atom stereocenters. The van der Waals surface area contributed by atoms with Crippen LogP contribution < -0.4 is 0 Å². The van der Waals surface area contributed by atoms with Gasteiger partial charge in [-0.05, 0) is 25.1 Å². The molecule has 1 nitrogen and oxygen atoms in total. The number of likely N-dealkylation sites (N-methyl/N-ethyl adjacent to an activating group) is 1. The fraction of sp³-hybridized carbons (Fsp3) is 0.400. The Balaban J connectivity index is 2.59. The van der Waals surface area contributed by atoms with Crippen LogP contribution in [0.3, 0.4) is 0 Å². The van der Waals surface area contributed by atoms with Gasteiger partial charge in [0.25, 0.3) is 0 Å². The minimum absolute atomic E-state index is 0.465. The number of hydrogen-bond donors (Lipinski definition) is 0. The van der Waals surface area contributed by atoms with Crippen LogP contribution in [0.4, 0.5) is 8.78 Å². The van der Waals surface area contributed by atoms with Crippen LogP contribution in [-0.4, -0.2) is 23.9 Å². The highest BCUT2D eigenvalue weighted by atomic mass is 79.9. The molecule has 0 aliphatic rings. The van der Waals surface area contributed by atoms with Crippen molar-refractivity contribution in [1.29, 1.82) is 0 Å². The average molecular weight is 264 g/mol. The third kappa shape index (κ3) is 3.35. The Morgan fingerprint density at radius 1 is 1.36 bits per heavy atom. The smallest absolute Gasteiger partial charge is 0.129 e. The molecule has 14 heavy (non-hydrogen) atoms. The molecule has 0 aromatic heterocycles. The van der Waals surface area contributed by atoms with Gasteiger partial charge >= 0.3 is 0 Å². The SMILES string of the molecule is CN(CBr)CCc1ccc(F)cc1F. The van der Waals surface area contributed by atoms with Crippen LogP contribution in [0.1, 0.15) is 5.56 Å². The molecule has 0 atom stereocenters. The number of benzene rings is 1. The lowest BCUT2D eigenvalue weighted by Gasteiger charge is -2.12. The zero-order chi connectivity index (χ0) is 10.6. The standard InChI is InChI=1S/C10H12BrF2N/c1-14(7-11)5-4-8-2-3-9(12)6-10(8)13/h2-3,6H,4-5,7H2,1H3. The van der Waals surface area contributed by atoms with Crippen LogP contribution in [0.5, 0.6) is 0 Å². The summed E-state index contributed by atoms with van der Waals surface area (Å²) in [4.78, 5) is 2.00. The summed E-state index contributed by atoms with van der Waals surface area (Å²) in [7, 11) is 1.93. The van der Waals surface area contributed by atoms with Gasteiger partial charge in [-0.1, -0.05) is 22.0 Å². The van der Waals surface area contributed by atoms with E-state index in [4.69, 9.17) is 0 Å². The second-order valence-electron chi connectivity index (χ2n) is 3.18. The third-order valence-corrected chi connectivity index (χ3v) is 2.84. The molecule has 1 aromatic rings. The molecule has 0 fully saturated rings. The van der Waals surface area contributed by atoms with Gasteiger partial charge in [-0.2, -0.15) is 0 Å². The molecule has 0 bridgehead atoms. The van der Waals surface area contributed by atoms with Crippen LogP contribution in [0.25, 0.3) is 0 Å². The second kappa shape index (κ2) is 5.41. The van der Waals surface area contributed by atoms with Gasteiger partial charge in [-0.15, -0.1) is 0 Å². The summed E-state index contributed by atoms with van der Waals surface area (Å²) in [5.41, 5.74) is 1.30. The highest BCUT2D eigenvalue weighted by Gasteiger charge is 2.04. The van der Waals surface area contributed by atoms with Crippen molar-refractivity contribution in [2.45, 2.75) is 6.42 Å². The lowest BCUT2D eigenvalue weighted by molar-refractivity contribution is 0.398. The molecule has 0 saturated carbocycles. The minimum atomic E-state index is -0.528. The van der Waals surface area contributed by atoms with E-state index in [0.29, 0.717) is 12.0 Å². The van der Waals surface area contributed by atoms with Crippen LogP contribution in [0, 0.1) is 11.6 Å². The molecule has 0 heterocycles. The van der Waals surface area contributed by atoms with E-state index in [1.54, 1.807) is 0 Å². The normalized spacial score (nSPS) is 10.9. The predicted octanol–water partition coefficient (Wildman–Crippen LogP) is 2.79.